The van der Waals surface area contributed by atoms with Crippen molar-refractivity contribution >= 4 is 0 Å². The molecule has 1 aliphatic rings. The minimum atomic E-state index is 0.682. The predicted molar refractivity (Wildman–Crippen MR) is 66.3 cm³/mol. The Morgan fingerprint density at radius 2 is 2.20 bits per heavy atom. The van der Waals surface area contributed by atoms with Crippen LogP contribution < -0.4 is 5.32 Å². The van der Waals surface area contributed by atoms with Gasteiger partial charge in [0.2, 0.25) is 0 Å². The van der Waals surface area contributed by atoms with E-state index in [-0.39, 0.29) is 0 Å². The Kier molecular flexibility index (Phi) is 5.58. The Morgan fingerprint density at radius 1 is 1.47 bits per heavy atom. The summed E-state index contributed by atoms with van der Waals surface area (Å²) in [4.78, 5) is 4.96. The van der Waals surface area contributed by atoms with Gasteiger partial charge in [0.1, 0.15) is 0 Å². The number of hydrogen-bond acceptors (Lipinski definition) is 3. The van der Waals surface area contributed by atoms with Crippen LogP contribution in [0.2, 0.25) is 0 Å². The van der Waals surface area contributed by atoms with Crippen LogP contribution >= 0.6 is 0 Å². The lowest BCUT2D eigenvalue weighted by atomic mass is 10.2. The van der Waals surface area contributed by atoms with Gasteiger partial charge in [0, 0.05) is 31.7 Å². The van der Waals surface area contributed by atoms with Crippen molar-refractivity contribution in [1.29, 1.82) is 0 Å². The summed E-state index contributed by atoms with van der Waals surface area (Å²) in [5, 5.41) is 3.50. The van der Waals surface area contributed by atoms with Crippen LogP contribution in [0.25, 0.3) is 0 Å². The molecule has 15 heavy (non-hydrogen) atoms. The zero-order valence-corrected chi connectivity index (χ0v) is 10.8. The third kappa shape index (κ3) is 4.09. The fourth-order valence-electron chi connectivity index (χ4n) is 2.21. The van der Waals surface area contributed by atoms with E-state index in [9.17, 15) is 0 Å². The van der Waals surface area contributed by atoms with E-state index < -0.39 is 0 Å². The first-order valence-electron chi connectivity index (χ1n) is 6.26. The Hall–Kier alpha value is -0.120. The maximum atomic E-state index is 3.50. The molecular weight excluding hydrogens is 186 g/mol. The number of likely N-dealkylation sites (N-methyl/N-ethyl adjacent to an activating group) is 1. The lowest BCUT2D eigenvalue weighted by Gasteiger charge is -2.26. The summed E-state index contributed by atoms with van der Waals surface area (Å²) < 4.78 is 0. The normalized spacial score (nSPS) is 25.0. The maximum absolute atomic E-state index is 3.50. The summed E-state index contributed by atoms with van der Waals surface area (Å²) in [6, 6.07) is 1.44. The van der Waals surface area contributed by atoms with Crippen LogP contribution in [-0.2, 0) is 0 Å². The van der Waals surface area contributed by atoms with Gasteiger partial charge >= 0.3 is 0 Å². The quantitative estimate of drug-likeness (QED) is 0.664. The minimum absolute atomic E-state index is 0.682. The molecule has 1 aliphatic heterocycles. The standard InChI is InChI=1S/C12H27N3/c1-5-7-13-9-11(2)15-8-6-12(10-15)14(3)4/h11-13H,5-10H2,1-4H3. The van der Waals surface area contributed by atoms with Crippen LogP contribution in [0.15, 0.2) is 0 Å². The molecule has 0 amide bonds. The van der Waals surface area contributed by atoms with Gasteiger partial charge in [-0.1, -0.05) is 6.92 Å². The second-order valence-electron chi connectivity index (χ2n) is 4.95. The van der Waals surface area contributed by atoms with Gasteiger partial charge < -0.3 is 10.2 Å². The molecule has 0 aromatic heterocycles. The molecule has 0 bridgehead atoms. The molecule has 1 N–H and O–H groups in total. The van der Waals surface area contributed by atoms with E-state index >= 15 is 0 Å². The van der Waals surface area contributed by atoms with Crippen molar-refractivity contribution in [1.82, 2.24) is 15.1 Å². The van der Waals surface area contributed by atoms with Crippen molar-refractivity contribution in [3.05, 3.63) is 0 Å². The summed E-state index contributed by atoms with van der Waals surface area (Å²) in [5.41, 5.74) is 0. The second kappa shape index (κ2) is 6.46. The Bertz CT molecular complexity index is 170. The smallest absolute Gasteiger partial charge is 0.0229 e. The highest BCUT2D eigenvalue weighted by Gasteiger charge is 2.26. The van der Waals surface area contributed by atoms with Crippen LogP contribution in [0.5, 0.6) is 0 Å². The monoisotopic (exact) mass is 213 g/mol. The Labute approximate surface area is 94.8 Å². The molecular formula is C12H27N3. The van der Waals surface area contributed by atoms with Gasteiger partial charge in [-0.15, -0.1) is 0 Å². The van der Waals surface area contributed by atoms with E-state index in [0.29, 0.717) is 6.04 Å². The third-order valence-electron chi connectivity index (χ3n) is 3.41. The maximum Gasteiger partial charge on any atom is 0.0229 e. The second-order valence-corrected chi connectivity index (χ2v) is 4.95. The van der Waals surface area contributed by atoms with Gasteiger partial charge in [-0.25, -0.2) is 0 Å². The highest BCUT2D eigenvalue weighted by atomic mass is 15.3. The third-order valence-corrected chi connectivity index (χ3v) is 3.41. The topological polar surface area (TPSA) is 18.5 Å². The highest BCUT2D eigenvalue weighted by molar-refractivity contribution is 4.84. The molecule has 1 heterocycles. The van der Waals surface area contributed by atoms with Gasteiger partial charge in [0.25, 0.3) is 0 Å². The lowest BCUT2D eigenvalue weighted by molar-refractivity contribution is 0.222. The minimum Gasteiger partial charge on any atom is -0.315 e. The zero-order chi connectivity index (χ0) is 11.3. The van der Waals surface area contributed by atoms with Crippen LogP contribution in [0.3, 0.4) is 0 Å². The van der Waals surface area contributed by atoms with Crippen LogP contribution in [0.4, 0.5) is 0 Å². The number of hydrogen-bond donors (Lipinski definition) is 1. The van der Waals surface area contributed by atoms with Crippen molar-refractivity contribution in [3.63, 3.8) is 0 Å². The number of nitrogens with one attached hydrogen (secondary N) is 1. The molecule has 2 atom stereocenters. The van der Waals surface area contributed by atoms with E-state index in [0.717, 1.165) is 19.1 Å². The Morgan fingerprint density at radius 3 is 2.73 bits per heavy atom. The van der Waals surface area contributed by atoms with Gasteiger partial charge in [0.15, 0.2) is 0 Å². The summed E-state index contributed by atoms with van der Waals surface area (Å²) in [5.74, 6) is 0. The number of rotatable bonds is 6. The van der Waals surface area contributed by atoms with E-state index in [2.05, 4.69) is 43.1 Å². The summed E-state index contributed by atoms with van der Waals surface area (Å²) in [7, 11) is 4.38. The van der Waals surface area contributed by atoms with Crippen molar-refractivity contribution in [2.24, 2.45) is 0 Å². The molecule has 0 radical (unpaired) electrons. The number of likely N-dealkylation sites (tertiary alicyclic amines) is 1. The Balaban J connectivity index is 2.21. The molecule has 90 valence electrons. The van der Waals surface area contributed by atoms with Crippen LogP contribution in [0, 0.1) is 0 Å². The molecule has 0 spiro atoms. The van der Waals surface area contributed by atoms with Gasteiger partial charge in [-0.2, -0.15) is 0 Å². The molecule has 3 heteroatoms. The fraction of sp³-hybridized carbons (Fsp3) is 1.00. The molecule has 1 saturated heterocycles. The average Bonchev–Trinajstić information content (AvgIpc) is 2.66. The van der Waals surface area contributed by atoms with Crippen LogP contribution in [-0.4, -0.2) is 62.2 Å². The first kappa shape index (κ1) is 12.9. The highest BCUT2D eigenvalue weighted by Crippen LogP contribution is 2.15. The number of nitrogens with zero attached hydrogens (tertiary/aromatic N) is 2. The molecule has 3 nitrogen and oxygen atoms in total. The van der Waals surface area contributed by atoms with Crippen molar-refractivity contribution in [2.45, 2.75) is 38.8 Å². The summed E-state index contributed by atoms with van der Waals surface area (Å²) in [6.07, 6.45) is 2.55. The van der Waals surface area contributed by atoms with E-state index in [1.807, 2.05) is 0 Å². The van der Waals surface area contributed by atoms with E-state index in [1.54, 1.807) is 0 Å². The first-order chi connectivity index (χ1) is 7.15. The largest absolute Gasteiger partial charge is 0.315 e. The van der Waals surface area contributed by atoms with E-state index in [4.69, 9.17) is 0 Å². The summed E-state index contributed by atoms with van der Waals surface area (Å²) in [6.45, 7) is 9.33. The molecule has 1 rings (SSSR count). The van der Waals surface area contributed by atoms with Crippen molar-refractivity contribution in [3.8, 4) is 0 Å². The van der Waals surface area contributed by atoms with Gasteiger partial charge in [-0.3, -0.25) is 4.90 Å². The summed E-state index contributed by atoms with van der Waals surface area (Å²) >= 11 is 0. The predicted octanol–water partition coefficient (Wildman–Crippen LogP) is 1.01. The molecule has 1 fully saturated rings. The van der Waals surface area contributed by atoms with Crippen LogP contribution in [0.1, 0.15) is 26.7 Å². The molecule has 0 aromatic rings. The first-order valence-corrected chi connectivity index (χ1v) is 6.26. The molecule has 0 aromatic carbocycles. The average molecular weight is 213 g/mol. The zero-order valence-electron chi connectivity index (χ0n) is 10.8. The van der Waals surface area contributed by atoms with Gasteiger partial charge in [0.05, 0.1) is 0 Å². The lowest BCUT2D eigenvalue weighted by Crippen LogP contribution is -2.41. The van der Waals surface area contributed by atoms with E-state index in [1.165, 1.54) is 25.9 Å². The van der Waals surface area contributed by atoms with Crippen molar-refractivity contribution in [2.75, 3.05) is 40.3 Å². The molecule has 0 aliphatic carbocycles. The fourth-order valence-corrected chi connectivity index (χ4v) is 2.21. The SMILES string of the molecule is CCCNCC(C)N1CCC(N(C)C)C1. The molecule has 2 unspecified atom stereocenters. The molecule has 0 saturated carbocycles. The van der Waals surface area contributed by atoms with Gasteiger partial charge in [-0.05, 0) is 40.4 Å². The van der Waals surface area contributed by atoms with Crippen molar-refractivity contribution < 1.29 is 0 Å².